The Morgan fingerprint density at radius 1 is 1.04 bits per heavy atom. The standard InChI is InChI=1S/C39H48BrO12P/c1-20(2)11-10-16-36(8)17-15-24-28(49-36)23(13-12-21(3)4)29-27(30(24)51-53(45,46)47)33(43)38(40)32(42)25-19-26-35(6,7)52-37(31(25)41,39(26,38)50-29)18-14-22(5)34(44)48-9/h11-12,14-15,17,25-26,32,42H,10,13,16,18-19H2,1-9H3,(H2,45,46,47)/b22-14-. The number of methoxy groups -OCH3 is 1. The highest BCUT2D eigenvalue weighted by atomic mass is 79.9. The highest BCUT2D eigenvalue weighted by Gasteiger charge is 2.90. The van der Waals surface area contributed by atoms with E-state index in [0.717, 1.165) is 11.1 Å². The van der Waals surface area contributed by atoms with Gasteiger partial charge >= 0.3 is 13.8 Å². The number of phosphoric acid groups is 1. The summed E-state index contributed by atoms with van der Waals surface area (Å²) in [5, 5.41) is 12.1. The molecule has 3 aliphatic heterocycles. The van der Waals surface area contributed by atoms with Gasteiger partial charge in [-0.3, -0.25) is 19.4 Å². The zero-order valence-corrected chi connectivity index (χ0v) is 34.0. The van der Waals surface area contributed by atoms with Gasteiger partial charge < -0.3 is 28.6 Å². The van der Waals surface area contributed by atoms with Crippen molar-refractivity contribution < 1.29 is 57.3 Å². The summed E-state index contributed by atoms with van der Waals surface area (Å²) in [6.45, 7) is 14.8. The highest BCUT2D eigenvalue weighted by Crippen LogP contribution is 2.74. The Hall–Kier alpha value is -3.06. The van der Waals surface area contributed by atoms with Crippen LogP contribution in [0.25, 0.3) is 6.08 Å². The zero-order valence-electron chi connectivity index (χ0n) is 31.5. The van der Waals surface area contributed by atoms with Gasteiger partial charge in [-0.2, -0.15) is 0 Å². The van der Waals surface area contributed by atoms with Gasteiger partial charge in [0, 0.05) is 29.4 Å². The molecule has 0 radical (unpaired) electrons. The fourth-order valence-corrected chi connectivity index (χ4v) is 10.7. The van der Waals surface area contributed by atoms with Gasteiger partial charge in [0.15, 0.2) is 32.8 Å². The second-order valence-electron chi connectivity index (χ2n) is 16.1. The summed E-state index contributed by atoms with van der Waals surface area (Å²) in [6.07, 6.45) is 8.63. The van der Waals surface area contributed by atoms with Gasteiger partial charge in [0.2, 0.25) is 0 Å². The Kier molecular flexibility index (Phi) is 9.74. The van der Waals surface area contributed by atoms with Crippen molar-refractivity contribution in [3.63, 3.8) is 0 Å². The quantitative estimate of drug-likeness (QED) is 0.0754. The topological polar surface area (TPSA) is 175 Å². The number of alkyl halides is 1. The van der Waals surface area contributed by atoms with E-state index >= 15 is 4.79 Å². The lowest BCUT2D eigenvalue weighted by molar-refractivity contribution is -0.211. The van der Waals surface area contributed by atoms with Crippen LogP contribution in [0.3, 0.4) is 0 Å². The second kappa shape index (κ2) is 13.0. The van der Waals surface area contributed by atoms with E-state index in [1.807, 2.05) is 40.7 Å². The Morgan fingerprint density at radius 3 is 2.30 bits per heavy atom. The second-order valence-corrected chi connectivity index (χ2v) is 18.5. The minimum atomic E-state index is -5.32. The number of fused-ring (bicyclic) bond motifs is 2. The van der Waals surface area contributed by atoms with E-state index in [1.54, 1.807) is 26.0 Å². The van der Waals surface area contributed by atoms with E-state index in [1.165, 1.54) is 20.1 Å². The summed E-state index contributed by atoms with van der Waals surface area (Å²) in [4.78, 5) is 63.2. The van der Waals surface area contributed by atoms with E-state index in [2.05, 4.69) is 22.0 Å². The third kappa shape index (κ3) is 5.84. The van der Waals surface area contributed by atoms with Crippen LogP contribution >= 0.6 is 23.8 Å². The maximum Gasteiger partial charge on any atom is 0.524 e. The van der Waals surface area contributed by atoms with E-state index in [0.29, 0.717) is 18.4 Å². The van der Waals surface area contributed by atoms with Crippen molar-refractivity contribution in [2.24, 2.45) is 11.8 Å². The van der Waals surface area contributed by atoms with Crippen LogP contribution in [0.5, 0.6) is 17.2 Å². The molecule has 14 heteroatoms. The highest BCUT2D eigenvalue weighted by molar-refractivity contribution is 9.10. The number of hydrogen-bond donors (Lipinski definition) is 3. The smallest absolute Gasteiger partial charge is 0.482 e. The molecule has 1 spiro atoms. The predicted molar refractivity (Wildman–Crippen MR) is 199 cm³/mol. The average molecular weight is 820 g/mol. The number of aliphatic hydroxyl groups excluding tert-OH is 1. The Bertz CT molecular complexity index is 1970. The zero-order chi connectivity index (χ0) is 39.3. The number of ketones is 2. The summed E-state index contributed by atoms with van der Waals surface area (Å²) in [5.41, 5.74) is -3.29. The number of esters is 1. The summed E-state index contributed by atoms with van der Waals surface area (Å²) in [6, 6.07) is 0. The van der Waals surface area contributed by atoms with Crippen molar-refractivity contribution >= 4 is 47.4 Å². The van der Waals surface area contributed by atoms with Gasteiger partial charge in [-0.05, 0) is 93.2 Å². The largest absolute Gasteiger partial charge is 0.524 e. The van der Waals surface area contributed by atoms with Gasteiger partial charge in [0.1, 0.15) is 22.7 Å². The molecule has 4 fully saturated rings. The van der Waals surface area contributed by atoms with Crippen LogP contribution in [0.1, 0.15) is 103 Å². The monoisotopic (exact) mass is 818 g/mol. The predicted octanol–water partition coefficient (Wildman–Crippen LogP) is 6.66. The maximum atomic E-state index is 15.5. The summed E-state index contributed by atoms with van der Waals surface area (Å²) in [5.74, 6) is -3.98. The summed E-state index contributed by atoms with van der Waals surface area (Å²) < 4.78 is 41.7. The molecule has 3 aliphatic carbocycles. The molecule has 53 heavy (non-hydrogen) atoms. The normalized spacial score (nSPS) is 33.2. The number of hydrogen-bond acceptors (Lipinski definition) is 10. The SMILES string of the molecule is COC(=O)/C(C)=C\CC12OC(C)(C)C3CC(C1=O)C(O)C1(Br)C(=O)c4c(OP(=O)(O)O)c5c(c(CC=C(C)C)c4OC321)OC(C)(CCC=C(C)C)C=C5. The van der Waals surface area contributed by atoms with Crippen LogP contribution in [0, 0.1) is 11.8 Å². The van der Waals surface area contributed by atoms with Crippen molar-refractivity contribution in [1.29, 1.82) is 0 Å². The lowest BCUT2D eigenvalue weighted by Gasteiger charge is -2.65. The molecule has 6 aliphatic rings. The molecule has 7 atom stereocenters. The van der Waals surface area contributed by atoms with Gasteiger partial charge in [0.05, 0.1) is 24.4 Å². The molecule has 1 aromatic carbocycles. The van der Waals surface area contributed by atoms with E-state index in [-0.39, 0.29) is 47.5 Å². The van der Waals surface area contributed by atoms with Crippen molar-refractivity contribution in [2.75, 3.05) is 7.11 Å². The number of ether oxygens (including phenoxy) is 4. The van der Waals surface area contributed by atoms with E-state index < -0.39 is 75.8 Å². The van der Waals surface area contributed by atoms with Crippen LogP contribution in [-0.2, 0) is 30.0 Å². The third-order valence-electron chi connectivity index (χ3n) is 11.5. The van der Waals surface area contributed by atoms with Crippen molar-refractivity contribution in [3.05, 3.63) is 57.7 Å². The summed E-state index contributed by atoms with van der Waals surface area (Å²) in [7, 11) is -4.08. The number of carbonyl (C=O) groups is 3. The van der Waals surface area contributed by atoms with E-state index in [4.69, 9.17) is 23.5 Å². The molecule has 3 heterocycles. The van der Waals surface area contributed by atoms with Crippen LogP contribution < -0.4 is 14.0 Å². The lowest BCUT2D eigenvalue weighted by atomic mass is 9.45. The Morgan fingerprint density at radius 2 is 1.70 bits per heavy atom. The number of benzene rings is 1. The van der Waals surface area contributed by atoms with Gasteiger partial charge in [-0.1, -0.05) is 45.3 Å². The minimum absolute atomic E-state index is 0.0867. The molecule has 3 saturated carbocycles. The number of carbonyl (C=O) groups excluding carboxylic acids is 3. The first-order chi connectivity index (χ1) is 24.5. The number of Topliss-reactive ketones (excluding diaryl/α,β-unsaturated/α-hetero) is 2. The first-order valence-electron chi connectivity index (χ1n) is 17.7. The van der Waals surface area contributed by atoms with Crippen LogP contribution in [0.2, 0.25) is 0 Å². The Labute approximate surface area is 318 Å². The van der Waals surface area contributed by atoms with Crippen molar-refractivity contribution in [3.8, 4) is 17.2 Å². The maximum absolute atomic E-state index is 15.5. The molecule has 12 nitrogen and oxygen atoms in total. The van der Waals surface area contributed by atoms with Gasteiger partial charge in [0.25, 0.3) is 0 Å². The molecule has 3 N–H and O–H groups in total. The molecular formula is C39H48BrO12P. The number of allylic oxidation sites excluding steroid dienone is 4. The molecule has 0 aromatic heterocycles. The fourth-order valence-electron chi connectivity index (χ4n) is 9.09. The first-order valence-corrected chi connectivity index (χ1v) is 20.1. The molecule has 1 saturated heterocycles. The van der Waals surface area contributed by atoms with Crippen LogP contribution in [0.15, 0.2) is 41.0 Å². The van der Waals surface area contributed by atoms with Crippen molar-refractivity contribution in [1.82, 2.24) is 0 Å². The molecule has 1 aromatic rings. The van der Waals surface area contributed by atoms with E-state index in [9.17, 15) is 29.0 Å². The summed E-state index contributed by atoms with van der Waals surface area (Å²) >= 11 is 3.68. The molecule has 4 bridgehead atoms. The Balaban J connectivity index is 1.69. The van der Waals surface area contributed by atoms with Crippen LogP contribution in [0.4, 0.5) is 0 Å². The molecule has 288 valence electrons. The number of halogens is 1. The number of rotatable bonds is 10. The minimum Gasteiger partial charge on any atom is -0.482 e. The van der Waals surface area contributed by atoms with Gasteiger partial charge in [-0.25, -0.2) is 9.36 Å². The molecule has 7 rings (SSSR count). The average Bonchev–Trinajstić information content (AvgIpc) is 3.19. The van der Waals surface area contributed by atoms with Crippen LogP contribution in [-0.4, -0.2) is 72.4 Å². The molecular weight excluding hydrogens is 771 g/mol. The molecule has 0 amide bonds. The van der Waals surface area contributed by atoms with Crippen molar-refractivity contribution in [2.45, 2.75) is 120 Å². The lowest BCUT2D eigenvalue weighted by Crippen LogP contribution is -2.86. The molecule has 7 unspecified atom stereocenters. The number of aliphatic hydroxyl groups is 1. The van der Waals surface area contributed by atoms with Gasteiger partial charge in [-0.15, -0.1) is 0 Å². The third-order valence-corrected chi connectivity index (χ3v) is 13.3. The number of phosphoric ester groups is 1. The first kappa shape index (κ1) is 39.6. The fraction of sp³-hybridized carbons (Fsp3) is 0.564.